The zero-order valence-electron chi connectivity index (χ0n) is 15.2. The highest BCUT2D eigenvalue weighted by Crippen LogP contribution is 2.45. The van der Waals surface area contributed by atoms with E-state index in [2.05, 4.69) is 5.32 Å². The van der Waals surface area contributed by atoms with Crippen LogP contribution in [-0.4, -0.2) is 11.9 Å². The lowest BCUT2D eigenvalue weighted by atomic mass is 9.85. The molecule has 2 atom stereocenters. The molecule has 1 aliphatic heterocycles. The standard InChI is InChI=1S/C21H21F3N2OS/c22-21(23,24)14-10-17(26-20(27)13-5-3-6-15(25)8-13)16-9-12-4-1-2-7-18(12)28-19(16)11-14/h1-2,4,7,10-11,13,15H,3,5-6,8-9,25H2,(H,26,27). The van der Waals surface area contributed by atoms with E-state index in [9.17, 15) is 18.0 Å². The van der Waals surface area contributed by atoms with E-state index in [1.165, 1.54) is 17.8 Å². The van der Waals surface area contributed by atoms with Gasteiger partial charge in [0, 0.05) is 33.9 Å². The smallest absolute Gasteiger partial charge is 0.328 e. The number of hydrogen-bond acceptors (Lipinski definition) is 3. The van der Waals surface area contributed by atoms with E-state index in [-0.39, 0.29) is 23.6 Å². The molecular weight excluding hydrogens is 385 g/mol. The van der Waals surface area contributed by atoms with Crippen molar-refractivity contribution in [3.8, 4) is 0 Å². The van der Waals surface area contributed by atoms with Crippen molar-refractivity contribution in [2.75, 3.05) is 5.32 Å². The van der Waals surface area contributed by atoms with Gasteiger partial charge in [-0.15, -0.1) is 0 Å². The molecule has 0 spiro atoms. The number of rotatable bonds is 2. The van der Waals surface area contributed by atoms with E-state index in [4.69, 9.17) is 5.73 Å². The minimum absolute atomic E-state index is 0.0256. The number of alkyl halides is 3. The Balaban J connectivity index is 1.69. The highest BCUT2D eigenvalue weighted by atomic mass is 32.2. The number of fused-ring (bicyclic) bond motifs is 2. The van der Waals surface area contributed by atoms with Crippen LogP contribution in [0, 0.1) is 5.92 Å². The molecule has 1 fully saturated rings. The van der Waals surface area contributed by atoms with Gasteiger partial charge in [-0.3, -0.25) is 4.79 Å². The molecule has 28 heavy (non-hydrogen) atoms. The van der Waals surface area contributed by atoms with E-state index in [0.29, 0.717) is 17.7 Å². The Labute approximate surface area is 165 Å². The molecule has 1 saturated carbocycles. The maximum Gasteiger partial charge on any atom is 0.416 e. The van der Waals surface area contributed by atoms with Crippen molar-refractivity contribution in [1.29, 1.82) is 0 Å². The van der Waals surface area contributed by atoms with Gasteiger partial charge < -0.3 is 11.1 Å². The maximum absolute atomic E-state index is 13.4. The zero-order chi connectivity index (χ0) is 19.9. The summed E-state index contributed by atoms with van der Waals surface area (Å²) < 4.78 is 40.3. The molecule has 1 amide bonds. The van der Waals surface area contributed by atoms with Gasteiger partial charge in [0.1, 0.15) is 0 Å². The van der Waals surface area contributed by atoms with E-state index < -0.39 is 11.7 Å². The predicted octanol–water partition coefficient (Wildman–Crippen LogP) is 5.22. The van der Waals surface area contributed by atoms with Crippen LogP contribution in [0.3, 0.4) is 0 Å². The number of carbonyl (C=O) groups is 1. The van der Waals surface area contributed by atoms with Gasteiger partial charge in [-0.1, -0.05) is 36.4 Å². The fraction of sp³-hybridized carbons (Fsp3) is 0.381. The lowest BCUT2D eigenvalue weighted by molar-refractivity contribution is -0.137. The molecular formula is C21H21F3N2OS. The monoisotopic (exact) mass is 406 g/mol. The van der Waals surface area contributed by atoms with Gasteiger partial charge in [0.2, 0.25) is 5.91 Å². The molecule has 7 heteroatoms. The van der Waals surface area contributed by atoms with Crippen molar-refractivity contribution in [1.82, 2.24) is 0 Å². The largest absolute Gasteiger partial charge is 0.416 e. The van der Waals surface area contributed by atoms with E-state index in [0.717, 1.165) is 41.4 Å². The third-order valence-electron chi connectivity index (χ3n) is 5.44. The summed E-state index contributed by atoms with van der Waals surface area (Å²) in [6.07, 6.45) is -0.933. The first-order valence-electron chi connectivity index (χ1n) is 9.37. The molecule has 3 nitrogen and oxygen atoms in total. The third kappa shape index (κ3) is 3.91. The van der Waals surface area contributed by atoms with Gasteiger partial charge in [0.25, 0.3) is 0 Å². The predicted molar refractivity (Wildman–Crippen MR) is 103 cm³/mol. The van der Waals surface area contributed by atoms with E-state index >= 15 is 0 Å². The molecule has 2 aliphatic rings. The van der Waals surface area contributed by atoms with E-state index in [1.807, 2.05) is 24.3 Å². The maximum atomic E-state index is 13.4. The minimum Gasteiger partial charge on any atom is -0.328 e. The van der Waals surface area contributed by atoms with Crippen molar-refractivity contribution >= 4 is 23.4 Å². The highest BCUT2D eigenvalue weighted by molar-refractivity contribution is 7.99. The zero-order valence-corrected chi connectivity index (χ0v) is 16.0. The van der Waals surface area contributed by atoms with Crippen LogP contribution in [0.4, 0.5) is 18.9 Å². The number of nitrogens with one attached hydrogen (secondary N) is 1. The van der Waals surface area contributed by atoms with Crippen molar-refractivity contribution in [3.63, 3.8) is 0 Å². The van der Waals surface area contributed by atoms with Crippen LogP contribution in [0.1, 0.15) is 42.4 Å². The first kappa shape index (κ1) is 19.3. The van der Waals surface area contributed by atoms with Gasteiger partial charge in [-0.05, 0) is 48.6 Å². The molecule has 1 aliphatic carbocycles. The number of anilines is 1. The van der Waals surface area contributed by atoms with Crippen LogP contribution in [0.25, 0.3) is 0 Å². The van der Waals surface area contributed by atoms with Crippen LogP contribution in [0.15, 0.2) is 46.2 Å². The van der Waals surface area contributed by atoms with Crippen molar-refractivity contribution in [3.05, 3.63) is 53.1 Å². The number of benzene rings is 2. The third-order valence-corrected chi connectivity index (χ3v) is 6.64. The first-order valence-corrected chi connectivity index (χ1v) is 10.2. The Hall–Kier alpha value is -1.99. The van der Waals surface area contributed by atoms with Gasteiger partial charge in [0.15, 0.2) is 0 Å². The van der Waals surface area contributed by atoms with Gasteiger partial charge in [0.05, 0.1) is 5.56 Å². The lowest BCUT2D eigenvalue weighted by Gasteiger charge is -2.27. The summed E-state index contributed by atoms with van der Waals surface area (Å²) >= 11 is 1.32. The van der Waals surface area contributed by atoms with Crippen LogP contribution in [0.2, 0.25) is 0 Å². The van der Waals surface area contributed by atoms with Gasteiger partial charge in [-0.25, -0.2) is 0 Å². The second-order valence-electron chi connectivity index (χ2n) is 7.50. The van der Waals surface area contributed by atoms with Gasteiger partial charge in [-0.2, -0.15) is 13.2 Å². The summed E-state index contributed by atoms with van der Waals surface area (Å²) in [5.41, 5.74) is 7.28. The summed E-state index contributed by atoms with van der Waals surface area (Å²) in [6.45, 7) is 0. The first-order chi connectivity index (χ1) is 13.3. The normalized spacial score (nSPS) is 21.6. The molecule has 3 N–H and O–H groups in total. The fourth-order valence-electron chi connectivity index (χ4n) is 3.95. The summed E-state index contributed by atoms with van der Waals surface area (Å²) in [5, 5.41) is 2.80. The Bertz CT molecular complexity index is 913. The van der Waals surface area contributed by atoms with Crippen molar-refractivity contribution in [2.45, 2.75) is 54.1 Å². The quantitative estimate of drug-likeness (QED) is 0.614. The Morgan fingerprint density at radius 3 is 2.68 bits per heavy atom. The number of nitrogens with two attached hydrogens (primary N) is 1. The highest BCUT2D eigenvalue weighted by Gasteiger charge is 2.34. The summed E-state index contributed by atoms with van der Waals surface area (Å²) in [5.74, 6) is -0.488. The minimum atomic E-state index is -4.47. The average Bonchev–Trinajstić information content (AvgIpc) is 2.65. The Morgan fingerprint density at radius 2 is 1.93 bits per heavy atom. The molecule has 4 rings (SSSR count). The second kappa shape index (κ2) is 7.44. The van der Waals surface area contributed by atoms with Crippen molar-refractivity contribution in [2.24, 2.45) is 11.7 Å². The molecule has 0 saturated heterocycles. The topological polar surface area (TPSA) is 55.1 Å². The Kier molecular flexibility index (Phi) is 5.14. The van der Waals surface area contributed by atoms with Crippen LogP contribution in [0.5, 0.6) is 0 Å². The molecule has 2 aromatic carbocycles. The van der Waals surface area contributed by atoms with Crippen LogP contribution in [-0.2, 0) is 17.4 Å². The number of amides is 1. The molecule has 2 aromatic rings. The second-order valence-corrected chi connectivity index (χ2v) is 8.58. The Morgan fingerprint density at radius 1 is 1.14 bits per heavy atom. The average molecular weight is 406 g/mol. The van der Waals surface area contributed by atoms with Crippen LogP contribution < -0.4 is 11.1 Å². The van der Waals surface area contributed by atoms with Crippen LogP contribution >= 0.6 is 11.8 Å². The fourth-order valence-corrected chi connectivity index (χ4v) is 5.10. The van der Waals surface area contributed by atoms with Crippen molar-refractivity contribution < 1.29 is 18.0 Å². The number of carbonyl (C=O) groups excluding carboxylic acids is 1. The number of halogens is 3. The van der Waals surface area contributed by atoms with E-state index in [1.54, 1.807) is 0 Å². The molecule has 0 aromatic heterocycles. The van der Waals surface area contributed by atoms with Gasteiger partial charge >= 0.3 is 6.18 Å². The number of hydrogen-bond donors (Lipinski definition) is 2. The lowest BCUT2D eigenvalue weighted by Crippen LogP contribution is -2.34. The molecule has 0 bridgehead atoms. The molecule has 2 unspecified atom stereocenters. The molecule has 148 valence electrons. The molecule has 1 heterocycles. The summed E-state index contributed by atoms with van der Waals surface area (Å²) in [6, 6.07) is 9.88. The molecule has 0 radical (unpaired) electrons. The SMILES string of the molecule is NC1CCCC(C(=O)Nc2cc(C(F)(F)F)cc3c2Cc2ccccc2S3)C1. The summed E-state index contributed by atoms with van der Waals surface area (Å²) in [7, 11) is 0. The summed E-state index contributed by atoms with van der Waals surface area (Å²) in [4.78, 5) is 14.2.